The standard InChI is InChI=1S/C16H30O6/c1-9-16(21-12(17)10(2)3,22-13(18)11(4)5)14(6,7)15(8,19)20/h10-11,19-20H,9H2,1-8H3. The van der Waals surface area contributed by atoms with Crippen LogP contribution in [0.1, 0.15) is 61.8 Å². The van der Waals surface area contributed by atoms with Gasteiger partial charge < -0.3 is 19.7 Å². The van der Waals surface area contributed by atoms with E-state index in [0.29, 0.717) is 0 Å². The van der Waals surface area contributed by atoms with Gasteiger partial charge in [0.15, 0.2) is 5.79 Å². The predicted octanol–water partition coefficient (Wildman–Crippen LogP) is 2.22. The lowest BCUT2D eigenvalue weighted by molar-refractivity contribution is -0.343. The summed E-state index contributed by atoms with van der Waals surface area (Å²) < 4.78 is 10.9. The summed E-state index contributed by atoms with van der Waals surface area (Å²) in [6.45, 7) is 12.4. The molecule has 0 aliphatic heterocycles. The van der Waals surface area contributed by atoms with E-state index < -0.39 is 40.8 Å². The Kier molecular flexibility index (Phi) is 6.60. The van der Waals surface area contributed by atoms with Gasteiger partial charge >= 0.3 is 11.9 Å². The second kappa shape index (κ2) is 6.96. The molecule has 0 spiro atoms. The fraction of sp³-hybridized carbons (Fsp3) is 0.875. The molecule has 0 saturated carbocycles. The molecule has 0 aliphatic carbocycles. The lowest BCUT2D eigenvalue weighted by Gasteiger charge is -2.49. The molecule has 0 aliphatic rings. The Balaban J connectivity index is 5.92. The highest BCUT2D eigenvalue weighted by molar-refractivity contribution is 5.74. The zero-order valence-electron chi connectivity index (χ0n) is 14.9. The Morgan fingerprint density at radius 1 is 0.909 bits per heavy atom. The van der Waals surface area contributed by atoms with E-state index in [1.165, 1.54) is 20.8 Å². The molecule has 0 radical (unpaired) electrons. The summed E-state index contributed by atoms with van der Waals surface area (Å²) in [5.41, 5.74) is -1.44. The Morgan fingerprint density at radius 2 is 1.23 bits per heavy atom. The number of aliphatic hydroxyl groups is 2. The normalized spacial score (nSPS) is 13.5. The summed E-state index contributed by atoms with van der Waals surface area (Å²) in [5.74, 6) is -6.02. The van der Waals surface area contributed by atoms with Gasteiger partial charge in [-0.25, -0.2) is 0 Å². The minimum Gasteiger partial charge on any atom is -0.421 e. The van der Waals surface area contributed by atoms with Crippen LogP contribution in [0, 0.1) is 17.3 Å². The van der Waals surface area contributed by atoms with E-state index in [1.807, 2.05) is 0 Å². The van der Waals surface area contributed by atoms with E-state index in [4.69, 9.17) is 9.47 Å². The summed E-state index contributed by atoms with van der Waals surface area (Å²) in [5, 5.41) is 20.2. The molecular weight excluding hydrogens is 288 g/mol. The highest BCUT2D eigenvalue weighted by Crippen LogP contribution is 2.46. The van der Waals surface area contributed by atoms with Crippen molar-refractivity contribution in [2.75, 3.05) is 0 Å². The average Bonchev–Trinajstić information content (AvgIpc) is 2.35. The van der Waals surface area contributed by atoms with Crippen LogP contribution in [-0.4, -0.2) is 33.7 Å². The van der Waals surface area contributed by atoms with Crippen LogP contribution in [0.2, 0.25) is 0 Å². The molecule has 22 heavy (non-hydrogen) atoms. The van der Waals surface area contributed by atoms with Crippen molar-refractivity contribution >= 4 is 11.9 Å². The molecule has 0 saturated heterocycles. The van der Waals surface area contributed by atoms with Crippen molar-refractivity contribution in [1.82, 2.24) is 0 Å². The number of carbonyl (C=O) groups is 2. The fourth-order valence-electron chi connectivity index (χ4n) is 1.78. The van der Waals surface area contributed by atoms with Crippen LogP contribution >= 0.6 is 0 Å². The van der Waals surface area contributed by atoms with E-state index in [9.17, 15) is 19.8 Å². The second-order valence-corrected chi connectivity index (χ2v) is 6.90. The van der Waals surface area contributed by atoms with Gasteiger partial charge in [0.05, 0.1) is 17.3 Å². The largest absolute Gasteiger partial charge is 0.421 e. The predicted molar refractivity (Wildman–Crippen MR) is 81.5 cm³/mol. The summed E-state index contributed by atoms with van der Waals surface area (Å²) in [7, 11) is 0. The summed E-state index contributed by atoms with van der Waals surface area (Å²) in [6.07, 6.45) is 0.0909. The molecule has 0 aromatic rings. The first-order valence-corrected chi connectivity index (χ1v) is 7.62. The number of esters is 2. The molecule has 0 atom stereocenters. The lowest BCUT2D eigenvalue weighted by Crippen LogP contribution is -2.61. The average molecular weight is 318 g/mol. The fourth-order valence-corrected chi connectivity index (χ4v) is 1.78. The van der Waals surface area contributed by atoms with Crippen LogP contribution in [-0.2, 0) is 19.1 Å². The van der Waals surface area contributed by atoms with Gasteiger partial charge in [-0.15, -0.1) is 0 Å². The van der Waals surface area contributed by atoms with Crippen LogP contribution in [0.25, 0.3) is 0 Å². The van der Waals surface area contributed by atoms with Gasteiger partial charge in [-0.05, 0) is 20.8 Å². The molecular formula is C16H30O6. The van der Waals surface area contributed by atoms with Crippen molar-refractivity contribution in [2.24, 2.45) is 17.3 Å². The number of ether oxygens (including phenoxy) is 2. The van der Waals surface area contributed by atoms with Crippen molar-refractivity contribution in [3.8, 4) is 0 Å². The van der Waals surface area contributed by atoms with Gasteiger partial charge in [-0.3, -0.25) is 9.59 Å². The molecule has 0 aromatic carbocycles. The maximum absolute atomic E-state index is 12.1. The van der Waals surface area contributed by atoms with Gasteiger partial charge in [-0.2, -0.15) is 0 Å². The highest BCUT2D eigenvalue weighted by Gasteiger charge is 2.59. The van der Waals surface area contributed by atoms with E-state index in [1.54, 1.807) is 34.6 Å². The quantitative estimate of drug-likeness (QED) is 0.552. The molecule has 0 aromatic heterocycles. The molecule has 0 heterocycles. The molecule has 2 N–H and O–H groups in total. The summed E-state index contributed by atoms with van der Waals surface area (Å²) >= 11 is 0. The maximum Gasteiger partial charge on any atom is 0.311 e. The summed E-state index contributed by atoms with van der Waals surface area (Å²) in [4.78, 5) is 24.1. The van der Waals surface area contributed by atoms with Gasteiger partial charge in [0.2, 0.25) is 0 Å². The molecule has 0 amide bonds. The van der Waals surface area contributed by atoms with Crippen LogP contribution in [0.3, 0.4) is 0 Å². The van der Waals surface area contributed by atoms with Gasteiger partial charge in [0.1, 0.15) is 0 Å². The van der Waals surface area contributed by atoms with Crippen LogP contribution in [0.15, 0.2) is 0 Å². The first-order chi connectivity index (χ1) is 9.72. The minimum absolute atomic E-state index is 0.0909. The van der Waals surface area contributed by atoms with Crippen molar-refractivity contribution < 1.29 is 29.3 Å². The first-order valence-electron chi connectivity index (χ1n) is 7.62. The van der Waals surface area contributed by atoms with E-state index in [0.717, 1.165) is 0 Å². The van der Waals surface area contributed by atoms with Crippen molar-refractivity contribution in [2.45, 2.75) is 73.4 Å². The third-order valence-corrected chi connectivity index (χ3v) is 4.08. The lowest BCUT2D eigenvalue weighted by atomic mass is 9.74. The van der Waals surface area contributed by atoms with Crippen LogP contribution in [0.4, 0.5) is 0 Å². The molecule has 6 heteroatoms. The second-order valence-electron chi connectivity index (χ2n) is 6.90. The molecule has 0 rings (SSSR count). The molecule has 0 bridgehead atoms. The Bertz CT molecular complexity index is 381. The number of rotatable bonds is 7. The smallest absolute Gasteiger partial charge is 0.311 e. The highest BCUT2D eigenvalue weighted by atomic mass is 16.7. The van der Waals surface area contributed by atoms with Gasteiger partial charge in [0, 0.05) is 6.42 Å². The third-order valence-electron chi connectivity index (χ3n) is 4.08. The van der Waals surface area contributed by atoms with Crippen molar-refractivity contribution in [3.05, 3.63) is 0 Å². The molecule has 130 valence electrons. The monoisotopic (exact) mass is 318 g/mol. The van der Waals surface area contributed by atoms with Crippen molar-refractivity contribution in [3.63, 3.8) is 0 Å². The number of hydrogen-bond donors (Lipinski definition) is 2. The minimum atomic E-state index is -2.22. The molecule has 6 nitrogen and oxygen atoms in total. The Hall–Kier alpha value is -1.14. The summed E-state index contributed by atoms with van der Waals surface area (Å²) in [6, 6.07) is 0. The van der Waals surface area contributed by atoms with Crippen LogP contribution in [0.5, 0.6) is 0 Å². The molecule has 0 fully saturated rings. The number of hydrogen-bond acceptors (Lipinski definition) is 6. The zero-order valence-corrected chi connectivity index (χ0v) is 14.9. The SMILES string of the molecule is CCC(OC(=O)C(C)C)(OC(=O)C(C)C)C(C)(C)C(C)(O)O. The number of carbonyl (C=O) groups excluding carboxylic acids is 2. The van der Waals surface area contributed by atoms with Crippen LogP contribution < -0.4 is 0 Å². The zero-order chi connectivity index (χ0) is 17.9. The Labute approximate surface area is 132 Å². The molecule has 0 unspecified atom stereocenters. The third kappa shape index (κ3) is 4.20. The Morgan fingerprint density at radius 3 is 1.41 bits per heavy atom. The van der Waals surface area contributed by atoms with E-state index in [-0.39, 0.29) is 6.42 Å². The maximum atomic E-state index is 12.1. The van der Waals surface area contributed by atoms with Crippen molar-refractivity contribution in [1.29, 1.82) is 0 Å². The van der Waals surface area contributed by atoms with E-state index in [2.05, 4.69) is 0 Å². The first kappa shape index (κ1) is 20.9. The van der Waals surface area contributed by atoms with E-state index >= 15 is 0 Å². The topological polar surface area (TPSA) is 93.1 Å². The van der Waals surface area contributed by atoms with Gasteiger partial charge in [-0.1, -0.05) is 34.6 Å². The van der Waals surface area contributed by atoms with Gasteiger partial charge in [0.25, 0.3) is 5.79 Å².